The highest BCUT2D eigenvalue weighted by Gasteiger charge is 2.13. The monoisotopic (exact) mass is 479 g/mol. The molecule has 0 saturated heterocycles. The Labute approximate surface area is 207 Å². The van der Waals surface area contributed by atoms with Gasteiger partial charge in [-0.25, -0.2) is 9.67 Å². The van der Waals surface area contributed by atoms with Crippen LogP contribution in [0.1, 0.15) is 23.4 Å². The van der Waals surface area contributed by atoms with Gasteiger partial charge in [-0.15, -0.1) is 0 Å². The van der Waals surface area contributed by atoms with Crippen LogP contribution in [0, 0.1) is 0 Å². The first-order valence-electron chi connectivity index (χ1n) is 11.6. The quantitative estimate of drug-likeness (QED) is 0.346. The average Bonchev–Trinajstić information content (AvgIpc) is 3.33. The fraction of sp³-hybridized carbons (Fsp3) is 0.143. The molecule has 0 fully saturated rings. The number of nitrogens with zero attached hydrogens (tertiary/aromatic N) is 3. The van der Waals surface area contributed by atoms with Crippen LogP contribution in [-0.4, -0.2) is 32.8 Å². The molecule has 5 rings (SSSR count). The highest BCUT2D eigenvalue weighted by atomic mass is 16.5. The van der Waals surface area contributed by atoms with E-state index in [-0.39, 0.29) is 24.3 Å². The summed E-state index contributed by atoms with van der Waals surface area (Å²) in [5.41, 5.74) is 3.80. The molecule has 2 N–H and O–H groups in total. The number of carbonyl (C=O) groups is 1. The maximum atomic E-state index is 12.7. The summed E-state index contributed by atoms with van der Waals surface area (Å²) in [5, 5.41) is 7.66. The molecule has 0 unspecified atom stereocenters. The van der Waals surface area contributed by atoms with E-state index in [4.69, 9.17) is 4.74 Å². The third-order valence-corrected chi connectivity index (χ3v) is 5.88. The molecular weight excluding hydrogens is 454 g/mol. The van der Waals surface area contributed by atoms with Crippen LogP contribution in [0.3, 0.4) is 0 Å². The molecule has 1 amide bonds. The summed E-state index contributed by atoms with van der Waals surface area (Å²) in [6.45, 7) is 0. The van der Waals surface area contributed by atoms with E-state index >= 15 is 0 Å². The van der Waals surface area contributed by atoms with Crippen molar-refractivity contribution in [3.63, 3.8) is 0 Å². The molecule has 0 aliphatic carbocycles. The molecule has 8 heteroatoms. The number of para-hydroxylation sites is 1. The van der Waals surface area contributed by atoms with Gasteiger partial charge in [0.05, 0.1) is 19.0 Å². The van der Waals surface area contributed by atoms with Crippen LogP contribution in [0.15, 0.2) is 89.9 Å². The van der Waals surface area contributed by atoms with E-state index in [1.807, 2.05) is 66.7 Å². The number of rotatable bonds is 8. The second-order valence-electron chi connectivity index (χ2n) is 8.38. The third-order valence-electron chi connectivity index (χ3n) is 5.88. The number of hydrogen-bond donors (Lipinski definition) is 2. The molecule has 0 spiro atoms. The Balaban J connectivity index is 1.30. The summed E-state index contributed by atoms with van der Waals surface area (Å²) in [6.07, 6.45) is 2.63. The smallest absolute Gasteiger partial charge is 0.262 e. The van der Waals surface area contributed by atoms with Crippen molar-refractivity contribution in [2.45, 2.75) is 19.3 Å². The van der Waals surface area contributed by atoms with Gasteiger partial charge in [-0.05, 0) is 35.9 Å². The van der Waals surface area contributed by atoms with Crippen LogP contribution >= 0.6 is 0 Å². The molecule has 0 aliphatic rings. The van der Waals surface area contributed by atoms with Crippen molar-refractivity contribution >= 4 is 22.6 Å². The molecule has 0 saturated carbocycles. The molecule has 2 heterocycles. The van der Waals surface area contributed by atoms with E-state index in [2.05, 4.69) is 32.5 Å². The molecule has 5 aromatic rings. The minimum atomic E-state index is -0.279. The summed E-state index contributed by atoms with van der Waals surface area (Å²) < 4.78 is 7.13. The summed E-state index contributed by atoms with van der Waals surface area (Å²) in [5.74, 6) is 1.02. The van der Waals surface area contributed by atoms with E-state index in [1.54, 1.807) is 11.8 Å². The summed E-state index contributed by atoms with van der Waals surface area (Å²) >= 11 is 0. The molecule has 3 aromatic carbocycles. The zero-order valence-corrected chi connectivity index (χ0v) is 19.8. The number of anilines is 1. The zero-order chi connectivity index (χ0) is 24.9. The number of methoxy groups -OCH3 is 1. The number of amides is 1. The van der Waals surface area contributed by atoms with Crippen molar-refractivity contribution in [3.05, 3.63) is 112 Å². The Kier molecular flexibility index (Phi) is 6.57. The number of nitrogens with one attached hydrogen (secondary N) is 2. The molecule has 2 aromatic heterocycles. The molecule has 0 aliphatic heterocycles. The van der Waals surface area contributed by atoms with Crippen LogP contribution in [0.5, 0.6) is 5.75 Å². The van der Waals surface area contributed by atoms with Crippen LogP contribution in [-0.2, 0) is 17.6 Å². The van der Waals surface area contributed by atoms with Gasteiger partial charge in [0, 0.05) is 30.5 Å². The first kappa shape index (κ1) is 23.0. The van der Waals surface area contributed by atoms with Crippen LogP contribution < -0.4 is 15.6 Å². The molecule has 180 valence electrons. The summed E-state index contributed by atoms with van der Waals surface area (Å²) in [4.78, 5) is 32.6. The lowest BCUT2D eigenvalue weighted by atomic mass is 10.0. The van der Waals surface area contributed by atoms with Gasteiger partial charge in [0.15, 0.2) is 5.65 Å². The number of fused-ring (bicyclic) bond motifs is 1. The molecule has 0 radical (unpaired) electrons. The molecular formula is C28H25N5O3. The maximum absolute atomic E-state index is 12.7. The van der Waals surface area contributed by atoms with Gasteiger partial charge in [-0.1, -0.05) is 48.5 Å². The molecule has 0 atom stereocenters. The number of H-pyrrole nitrogens is 1. The van der Waals surface area contributed by atoms with E-state index in [0.29, 0.717) is 29.0 Å². The number of aromatic nitrogens is 4. The second kappa shape index (κ2) is 10.3. The van der Waals surface area contributed by atoms with Crippen LogP contribution in [0.25, 0.3) is 16.7 Å². The minimum Gasteiger partial charge on any atom is -0.496 e. The fourth-order valence-electron chi connectivity index (χ4n) is 4.11. The first-order valence-corrected chi connectivity index (χ1v) is 11.6. The SMILES string of the molecule is COc1ccc(NC(=O)CCc2nc3c(cnn3-c3ccccc3)c(=O)[nH]2)cc1Cc1ccccc1. The second-order valence-corrected chi connectivity index (χ2v) is 8.38. The highest BCUT2D eigenvalue weighted by molar-refractivity contribution is 5.91. The van der Waals surface area contributed by atoms with Gasteiger partial charge in [0.1, 0.15) is 17.0 Å². The molecule has 36 heavy (non-hydrogen) atoms. The minimum absolute atomic E-state index is 0.161. The third kappa shape index (κ3) is 5.02. The largest absolute Gasteiger partial charge is 0.496 e. The predicted octanol–water partition coefficient (Wildman–Crippen LogP) is 4.28. The Morgan fingerprint density at radius 3 is 2.53 bits per heavy atom. The summed E-state index contributed by atoms with van der Waals surface area (Å²) in [6, 6.07) is 25.2. The van der Waals surface area contributed by atoms with E-state index in [1.165, 1.54) is 6.20 Å². The first-order chi connectivity index (χ1) is 17.6. The fourth-order valence-corrected chi connectivity index (χ4v) is 4.11. The van der Waals surface area contributed by atoms with Crippen LogP contribution in [0.2, 0.25) is 0 Å². The van der Waals surface area contributed by atoms with Gasteiger partial charge in [-0.3, -0.25) is 9.59 Å². The van der Waals surface area contributed by atoms with Crippen molar-refractivity contribution in [3.8, 4) is 11.4 Å². The number of ether oxygens (including phenoxy) is 1. The van der Waals surface area contributed by atoms with Gasteiger partial charge in [0.25, 0.3) is 5.56 Å². The van der Waals surface area contributed by atoms with Gasteiger partial charge >= 0.3 is 0 Å². The molecule has 8 nitrogen and oxygen atoms in total. The van der Waals surface area contributed by atoms with Crippen molar-refractivity contribution in [1.29, 1.82) is 0 Å². The number of aromatic amines is 1. The molecule has 0 bridgehead atoms. The van der Waals surface area contributed by atoms with Crippen molar-refractivity contribution in [2.24, 2.45) is 0 Å². The number of hydrogen-bond acceptors (Lipinski definition) is 5. The Morgan fingerprint density at radius 1 is 1.03 bits per heavy atom. The van der Waals surface area contributed by atoms with Crippen molar-refractivity contribution < 1.29 is 9.53 Å². The lowest BCUT2D eigenvalue weighted by molar-refractivity contribution is -0.116. The standard InChI is InChI=1S/C28H25N5O3/c1-36-24-13-12-21(17-20(24)16-19-8-4-2-5-9-19)30-26(34)15-14-25-31-27-23(28(35)32-25)18-29-33(27)22-10-6-3-7-11-22/h2-13,17-18H,14-16H2,1H3,(H,30,34)(H,31,32,35). The summed E-state index contributed by atoms with van der Waals surface area (Å²) in [7, 11) is 1.64. The van der Waals surface area contributed by atoms with Crippen molar-refractivity contribution in [1.82, 2.24) is 19.7 Å². The highest BCUT2D eigenvalue weighted by Crippen LogP contribution is 2.25. The van der Waals surface area contributed by atoms with Gasteiger partial charge in [-0.2, -0.15) is 5.10 Å². The number of aryl methyl sites for hydroxylation is 1. The Morgan fingerprint density at radius 2 is 1.78 bits per heavy atom. The maximum Gasteiger partial charge on any atom is 0.262 e. The lowest BCUT2D eigenvalue weighted by Crippen LogP contribution is -2.16. The Bertz CT molecular complexity index is 1560. The van der Waals surface area contributed by atoms with E-state index in [0.717, 1.165) is 22.6 Å². The predicted molar refractivity (Wildman–Crippen MR) is 139 cm³/mol. The van der Waals surface area contributed by atoms with Gasteiger partial charge < -0.3 is 15.0 Å². The normalized spacial score (nSPS) is 10.9. The lowest BCUT2D eigenvalue weighted by Gasteiger charge is -2.12. The van der Waals surface area contributed by atoms with Gasteiger partial charge in [0.2, 0.25) is 5.91 Å². The number of carbonyl (C=O) groups excluding carboxylic acids is 1. The van der Waals surface area contributed by atoms with Crippen molar-refractivity contribution in [2.75, 3.05) is 12.4 Å². The number of benzene rings is 3. The Hall–Kier alpha value is -4.72. The van der Waals surface area contributed by atoms with E-state index in [9.17, 15) is 9.59 Å². The average molecular weight is 480 g/mol. The zero-order valence-electron chi connectivity index (χ0n) is 19.8. The van der Waals surface area contributed by atoms with Crippen LogP contribution in [0.4, 0.5) is 5.69 Å². The topological polar surface area (TPSA) is 102 Å². The van der Waals surface area contributed by atoms with E-state index < -0.39 is 0 Å².